The van der Waals surface area contributed by atoms with Crippen molar-refractivity contribution in [1.29, 1.82) is 0 Å². The molecule has 1 saturated heterocycles. The Morgan fingerprint density at radius 2 is 2.12 bits per heavy atom. The number of aliphatic hydroxyl groups is 1. The lowest BCUT2D eigenvalue weighted by Crippen LogP contribution is -2.49. The second-order valence-electron chi connectivity index (χ2n) is 6.50. The zero-order chi connectivity index (χ0) is 16.9. The molecule has 7 heteroatoms. The number of imidazole rings is 1. The summed E-state index contributed by atoms with van der Waals surface area (Å²) in [7, 11) is -3.25. The molecule has 1 N–H and O–H groups in total. The van der Waals surface area contributed by atoms with Crippen LogP contribution >= 0.6 is 0 Å². The molecule has 24 heavy (non-hydrogen) atoms. The maximum Gasteiger partial charge on any atom is 0.213 e. The van der Waals surface area contributed by atoms with Gasteiger partial charge in [0.2, 0.25) is 10.0 Å². The van der Waals surface area contributed by atoms with E-state index >= 15 is 0 Å². The summed E-state index contributed by atoms with van der Waals surface area (Å²) in [5, 5.41) is 10.6. The predicted molar refractivity (Wildman–Crippen MR) is 90.9 cm³/mol. The van der Waals surface area contributed by atoms with E-state index in [-0.39, 0.29) is 17.7 Å². The van der Waals surface area contributed by atoms with Gasteiger partial charge in [0.1, 0.15) is 0 Å². The normalized spacial score (nSPS) is 27.0. The highest BCUT2D eigenvalue weighted by atomic mass is 32.2. The van der Waals surface area contributed by atoms with Crippen LogP contribution in [0, 0.1) is 5.92 Å². The molecule has 3 atom stereocenters. The van der Waals surface area contributed by atoms with Crippen molar-refractivity contribution >= 4 is 10.0 Å². The summed E-state index contributed by atoms with van der Waals surface area (Å²) in [6, 6.07) is 8.01. The largest absolute Gasteiger partial charge is 0.393 e. The van der Waals surface area contributed by atoms with E-state index in [2.05, 4.69) is 21.7 Å². The van der Waals surface area contributed by atoms with Gasteiger partial charge in [-0.3, -0.25) is 0 Å². The van der Waals surface area contributed by atoms with Crippen molar-refractivity contribution in [2.45, 2.75) is 25.5 Å². The molecule has 0 spiro atoms. The van der Waals surface area contributed by atoms with Gasteiger partial charge >= 0.3 is 0 Å². The number of fused-ring (bicyclic) bond motifs is 3. The van der Waals surface area contributed by atoms with E-state index < -0.39 is 16.1 Å². The first-order chi connectivity index (χ1) is 11.5. The van der Waals surface area contributed by atoms with Gasteiger partial charge in [-0.25, -0.2) is 17.7 Å². The molecule has 4 rings (SSSR count). The fourth-order valence-electron chi connectivity index (χ4n) is 3.99. The molecule has 0 amide bonds. The van der Waals surface area contributed by atoms with Crippen LogP contribution in [0.5, 0.6) is 0 Å². The summed E-state index contributed by atoms with van der Waals surface area (Å²) < 4.78 is 28.2. The lowest BCUT2D eigenvalue weighted by Gasteiger charge is -2.39. The molecule has 0 saturated carbocycles. The van der Waals surface area contributed by atoms with Gasteiger partial charge < -0.3 is 9.67 Å². The molecule has 6 nitrogen and oxygen atoms in total. The zero-order valence-corrected chi connectivity index (χ0v) is 14.4. The quantitative estimate of drug-likeness (QED) is 0.913. The van der Waals surface area contributed by atoms with Crippen molar-refractivity contribution in [3.05, 3.63) is 42.4 Å². The molecule has 1 aromatic heterocycles. The monoisotopic (exact) mass is 347 g/mol. The van der Waals surface area contributed by atoms with Crippen molar-refractivity contribution in [3.63, 3.8) is 0 Å². The Morgan fingerprint density at radius 3 is 2.92 bits per heavy atom. The third kappa shape index (κ3) is 2.30. The number of aromatic nitrogens is 2. The molecule has 128 valence electrons. The number of nitrogens with zero attached hydrogens (tertiary/aromatic N) is 3. The lowest BCUT2D eigenvalue weighted by atomic mass is 9.85. The zero-order valence-electron chi connectivity index (χ0n) is 13.5. The molecule has 1 fully saturated rings. The maximum atomic E-state index is 12.3. The smallest absolute Gasteiger partial charge is 0.213 e. The van der Waals surface area contributed by atoms with E-state index in [0.29, 0.717) is 19.5 Å². The number of piperidine rings is 1. The first-order valence-corrected chi connectivity index (χ1v) is 9.91. The number of aliphatic hydroxyl groups excluding tert-OH is 1. The van der Waals surface area contributed by atoms with Crippen LogP contribution in [0.15, 0.2) is 36.8 Å². The van der Waals surface area contributed by atoms with Gasteiger partial charge in [-0.15, -0.1) is 0 Å². The number of hydrogen-bond donors (Lipinski definition) is 1. The summed E-state index contributed by atoms with van der Waals surface area (Å²) in [6.45, 7) is 2.39. The Bertz CT molecular complexity index is 861. The molecular weight excluding hydrogens is 326 g/mol. The van der Waals surface area contributed by atoms with Crippen molar-refractivity contribution in [3.8, 4) is 11.3 Å². The van der Waals surface area contributed by atoms with Crippen LogP contribution in [0.3, 0.4) is 0 Å². The third-order valence-electron chi connectivity index (χ3n) is 5.27. The van der Waals surface area contributed by atoms with E-state index in [1.807, 2.05) is 18.3 Å². The van der Waals surface area contributed by atoms with E-state index in [1.54, 1.807) is 13.3 Å². The number of rotatable bonds is 3. The molecule has 3 heterocycles. The Labute approximate surface area is 141 Å². The van der Waals surface area contributed by atoms with Crippen LogP contribution in [0.25, 0.3) is 11.3 Å². The first kappa shape index (κ1) is 15.8. The molecule has 0 unspecified atom stereocenters. The second-order valence-corrected chi connectivity index (χ2v) is 8.75. The molecule has 1 aromatic carbocycles. The Kier molecular flexibility index (Phi) is 3.74. The van der Waals surface area contributed by atoms with Crippen molar-refractivity contribution in [1.82, 2.24) is 13.9 Å². The highest BCUT2D eigenvalue weighted by Crippen LogP contribution is 2.45. The molecule has 2 aliphatic rings. The van der Waals surface area contributed by atoms with Crippen molar-refractivity contribution in [2.24, 2.45) is 5.92 Å². The van der Waals surface area contributed by atoms with Crippen LogP contribution in [0.1, 0.15) is 24.9 Å². The lowest BCUT2D eigenvalue weighted by molar-refractivity contribution is 0.0357. The maximum absolute atomic E-state index is 12.3. The van der Waals surface area contributed by atoms with Crippen LogP contribution in [0.2, 0.25) is 0 Å². The van der Waals surface area contributed by atoms with Gasteiger partial charge in [-0.1, -0.05) is 24.3 Å². The van der Waals surface area contributed by atoms with Gasteiger partial charge in [0.15, 0.2) is 0 Å². The van der Waals surface area contributed by atoms with E-state index in [1.165, 1.54) is 4.31 Å². The molecule has 2 aliphatic heterocycles. The van der Waals surface area contributed by atoms with Gasteiger partial charge in [0.25, 0.3) is 0 Å². The van der Waals surface area contributed by atoms with Crippen LogP contribution in [-0.4, -0.2) is 52.3 Å². The van der Waals surface area contributed by atoms with Crippen LogP contribution in [-0.2, 0) is 10.0 Å². The van der Waals surface area contributed by atoms with Crippen LogP contribution < -0.4 is 0 Å². The molecular formula is C17H21N3O3S. The number of benzene rings is 1. The second kappa shape index (κ2) is 5.68. The number of hydrogen-bond acceptors (Lipinski definition) is 4. The summed E-state index contributed by atoms with van der Waals surface area (Å²) in [6.07, 6.45) is 3.54. The van der Waals surface area contributed by atoms with E-state index in [0.717, 1.165) is 16.8 Å². The first-order valence-electron chi connectivity index (χ1n) is 8.30. The SMILES string of the molecule is CCS(=O)(=O)N1CC[C@@H](O)[C@H]([C@H]2c3ccccc3-c3cncn32)C1. The summed E-state index contributed by atoms with van der Waals surface area (Å²) in [5.74, 6) is -0.0930. The molecule has 0 radical (unpaired) electrons. The fourth-order valence-corrected chi connectivity index (χ4v) is 5.14. The van der Waals surface area contributed by atoms with E-state index in [9.17, 15) is 13.5 Å². The topological polar surface area (TPSA) is 75.4 Å². The summed E-state index contributed by atoms with van der Waals surface area (Å²) in [4.78, 5) is 4.25. The van der Waals surface area contributed by atoms with Gasteiger partial charge in [-0.05, 0) is 18.9 Å². The minimum Gasteiger partial charge on any atom is -0.393 e. The highest BCUT2D eigenvalue weighted by molar-refractivity contribution is 7.89. The third-order valence-corrected chi connectivity index (χ3v) is 7.12. The summed E-state index contributed by atoms with van der Waals surface area (Å²) >= 11 is 0. The van der Waals surface area contributed by atoms with Gasteiger partial charge in [0, 0.05) is 24.6 Å². The molecule has 0 bridgehead atoms. The van der Waals surface area contributed by atoms with Gasteiger partial charge in [0.05, 0.1) is 36.1 Å². The Morgan fingerprint density at radius 1 is 1.33 bits per heavy atom. The Balaban J connectivity index is 1.75. The van der Waals surface area contributed by atoms with E-state index in [4.69, 9.17) is 0 Å². The standard InChI is InChI=1S/C17H21N3O3S/c1-2-24(22,23)19-8-7-16(21)14(10-19)17-13-6-4-3-5-12(13)15-9-18-11-20(15)17/h3-6,9,11,14,16-17,21H,2,7-8,10H2,1H3/t14-,16-,17-/m1/s1. The van der Waals surface area contributed by atoms with Crippen molar-refractivity contribution in [2.75, 3.05) is 18.8 Å². The minimum atomic E-state index is -3.25. The fraction of sp³-hybridized carbons (Fsp3) is 0.471. The van der Waals surface area contributed by atoms with Crippen LogP contribution in [0.4, 0.5) is 0 Å². The average Bonchev–Trinajstić information content (AvgIpc) is 3.16. The minimum absolute atomic E-state index is 0.0800. The predicted octanol–water partition coefficient (Wildman–Crippen LogP) is 1.49. The molecule has 0 aliphatic carbocycles. The number of sulfonamides is 1. The molecule has 2 aromatic rings. The Hall–Kier alpha value is -1.70. The average molecular weight is 347 g/mol. The highest BCUT2D eigenvalue weighted by Gasteiger charge is 2.42. The van der Waals surface area contributed by atoms with Crippen molar-refractivity contribution < 1.29 is 13.5 Å². The summed E-state index contributed by atoms with van der Waals surface area (Å²) in [5.41, 5.74) is 3.27. The van der Waals surface area contributed by atoms with Gasteiger partial charge in [-0.2, -0.15) is 0 Å².